The molecule has 9 nitrogen and oxygen atoms in total. The fraction of sp³-hybridized carbons (Fsp3) is 0.500. The third kappa shape index (κ3) is 6.14. The van der Waals surface area contributed by atoms with Crippen molar-refractivity contribution in [2.45, 2.75) is 78.5 Å². The molecule has 0 amide bonds. The average molecular weight is 596 g/mol. The van der Waals surface area contributed by atoms with E-state index in [4.69, 9.17) is 28.3 Å². The van der Waals surface area contributed by atoms with Crippen molar-refractivity contribution < 1.29 is 50.6 Å². The van der Waals surface area contributed by atoms with E-state index >= 15 is 0 Å². The lowest BCUT2D eigenvalue weighted by atomic mass is 9.78. The second-order valence-corrected chi connectivity index (χ2v) is 11.8. The molecule has 0 saturated carbocycles. The Kier molecular flexibility index (Phi) is 8.20. The van der Waals surface area contributed by atoms with Gasteiger partial charge in [-0.1, -0.05) is 0 Å². The second kappa shape index (κ2) is 11.0. The van der Waals surface area contributed by atoms with Crippen molar-refractivity contribution >= 4 is 29.5 Å². The lowest BCUT2D eigenvalue weighted by molar-refractivity contribution is -0.0512. The third-order valence-electron chi connectivity index (χ3n) is 7.06. The number of esters is 1. The highest BCUT2D eigenvalue weighted by molar-refractivity contribution is 6.62. The van der Waals surface area contributed by atoms with E-state index in [1.165, 1.54) is 23.9 Å². The van der Waals surface area contributed by atoms with Crippen LogP contribution in [0.1, 0.15) is 58.8 Å². The Morgan fingerprint density at radius 3 is 2.00 bits per heavy atom. The van der Waals surface area contributed by atoms with Crippen molar-refractivity contribution in [3.05, 3.63) is 29.8 Å². The van der Waals surface area contributed by atoms with Crippen LogP contribution in [0.5, 0.6) is 17.2 Å². The Labute approximate surface area is 241 Å². The highest BCUT2D eigenvalue weighted by atomic mass is 19.3. The van der Waals surface area contributed by atoms with Crippen molar-refractivity contribution in [1.29, 1.82) is 0 Å². The van der Waals surface area contributed by atoms with Gasteiger partial charge in [0.05, 0.1) is 29.2 Å². The maximum atomic E-state index is 13.7. The zero-order valence-electron chi connectivity index (χ0n) is 24.8. The molecule has 0 unspecified atom stereocenters. The molecule has 4 rings (SSSR count). The number of methoxy groups -OCH3 is 1. The number of rotatable bonds is 8. The van der Waals surface area contributed by atoms with Gasteiger partial charge >= 0.3 is 26.3 Å². The summed E-state index contributed by atoms with van der Waals surface area (Å²) in [6, 6.07) is 5.53. The molecule has 2 heterocycles. The van der Waals surface area contributed by atoms with Crippen molar-refractivity contribution in [2.24, 2.45) is 7.05 Å². The van der Waals surface area contributed by atoms with Crippen molar-refractivity contribution in [2.75, 3.05) is 7.11 Å². The van der Waals surface area contributed by atoms with Crippen LogP contribution in [0.3, 0.4) is 0 Å². The molecule has 0 aliphatic carbocycles. The average Bonchev–Trinajstić information content (AvgIpc) is 3.28. The lowest BCUT2D eigenvalue weighted by Crippen LogP contribution is -2.41. The number of aromatic nitrogens is 2. The van der Waals surface area contributed by atoms with Gasteiger partial charge in [-0.3, -0.25) is 4.68 Å². The van der Waals surface area contributed by atoms with Gasteiger partial charge in [0.1, 0.15) is 34.1 Å². The molecule has 0 bridgehead atoms. The van der Waals surface area contributed by atoms with Crippen LogP contribution in [-0.2, 0) is 21.1 Å². The van der Waals surface area contributed by atoms with Crippen molar-refractivity contribution in [3.8, 4) is 28.5 Å². The summed E-state index contributed by atoms with van der Waals surface area (Å²) < 4.78 is 88.2. The normalized spacial score (nSPS) is 16.4. The first-order chi connectivity index (χ1) is 19.3. The molecule has 0 spiro atoms. The summed E-state index contributed by atoms with van der Waals surface area (Å²) in [5.41, 5.74) is -1.73. The number of ether oxygens (including phenoxy) is 4. The molecule has 1 aliphatic heterocycles. The SMILES string of the molecule is COc1cc(-c2nn(C)c3cc(B4OC(C)(C)C(C)(C)O4)cc(OC(F)F)c23)cc(OC(F)F)c1C(=O)OC(C)(C)C. The molecule has 14 heteroatoms. The van der Waals surface area contributed by atoms with E-state index in [9.17, 15) is 22.4 Å². The molecule has 1 aromatic heterocycles. The highest BCUT2D eigenvalue weighted by Crippen LogP contribution is 2.42. The molecule has 228 valence electrons. The molecule has 1 saturated heterocycles. The van der Waals surface area contributed by atoms with Crippen LogP contribution in [-0.4, -0.2) is 60.0 Å². The van der Waals surface area contributed by atoms with Crippen LogP contribution in [0.2, 0.25) is 0 Å². The Hall–Kier alpha value is -3.52. The summed E-state index contributed by atoms with van der Waals surface area (Å²) in [4.78, 5) is 13.0. The number of carbonyl (C=O) groups excluding carboxylic acids is 1. The van der Waals surface area contributed by atoms with E-state index in [0.717, 1.165) is 6.07 Å². The number of fused-ring (bicyclic) bond motifs is 1. The van der Waals surface area contributed by atoms with E-state index in [-0.39, 0.29) is 33.7 Å². The number of halogens is 4. The maximum Gasteiger partial charge on any atom is 0.495 e. The molecule has 3 aromatic rings. The summed E-state index contributed by atoms with van der Waals surface area (Å²) in [5, 5.41) is 4.62. The number of aryl methyl sites for hydroxylation is 1. The summed E-state index contributed by atoms with van der Waals surface area (Å²) in [7, 11) is 1.92. The predicted octanol–water partition coefficient (Wildman–Crippen LogP) is 5.71. The van der Waals surface area contributed by atoms with Crippen molar-refractivity contribution in [1.82, 2.24) is 9.78 Å². The van der Waals surface area contributed by atoms with Crippen LogP contribution in [0, 0.1) is 0 Å². The molecule has 0 N–H and O–H groups in total. The molecular weight excluding hydrogens is 563 g/mol. The molecular formula is C28H33BF4N2O7. The summed E-state index contributed by atoms with van der Waals surface area (Å²) in [6.07, 6.45) is 0. The van der Waals surface area contributed by atoms with E-state index in [1.807, 2.05) is 27.7 Å². The largest absolute Gasteiger partial charge is 0.496 e. The fourth-order valence-corrected chi connectivity index (χ4v) is 4.48. The van der Waals surface area contributed by atoms with Gasteiger partial charge in [0.15, 0.2) is 0 Å². The molecule has 0 radical (unpaired) electrons. The van der Waals surface area contributed by atoms with Gasteiger partial charge in [0, 0.05) is 12.6 Å². The standard InChI is InChI=1S/C28H33BF4N2O7/c1-26(2,3)40-23(36)21-17(37-9)10-14(11-18(21)38-24(30)31)22-20-16(35(8)34-22)12-15(13-19(20)39-25(32)33)29-41-27(4,5)28(6,7)42-29/h10-13,24-25H,1-9H3. The monoisotopic (exact) mass is 596 g/mol. The first-order valence-electron chi connectivity index (χ1n) is 13.0. The molecule has 1 fully saturated rings. The van der Waals surface area contributed by atoms with Gasteiger partial charge < -0.3 is 28.3 Å². The number of carbonyl (C=O) groups is 1. The third-order valence-corrected chi connectivity index (χ3v) is 7.06. The number of hydrogen-bond acceptors (Lipinski definition) is 8. The van der Waals surface area contributed by atoms with Gasteiger partial charge in [-0.05, 0) is 78.2 Å². The van der Waals surface area contributed by atoms with Gasteiger partial charge in [-0.25, -0.2) is 4.79 Å². The fourth-order valence-electron chi connectivity index (χ4n) is 4.48. The highest BCUT2D eigenvalue weighted by Gasteiger charge is 2.52. The van der Waals surface area contributed by atoms with Crippen LogP contribution in [0.4, 0.5) is 17.6 Å². The number of nitrogens with zero attached hydrogens (tertiary/aromatic N) is 2. The minimum absolute atomic E-state index is 0.0803. The Bertz CT molecular complexity index is 1490. The van der Waals surface area contributed by atoms with Crippen LogP contribution in [0.15, 0.2) is 24.3 Å². The van der Waals surface area contributed by atoms with E-state index in [2.05, 4.69) is 5.10 Å². The topological polar surface area (TPSA) is 90.3 Å². The zero-order chi connectivity index (χ0) is 31.4. The van der Waals surface area contributed by atoms with Crippen LogP contribution in [0.25, 0.3) is 22.2 Å². The quantitative estimate of drug-likeness (QED) is 0.186. The second-order valence-electron chi connectivity index (χ2n) is 11.8. The van der Waals surface area contributed by atoms with E-state index < -0.39 is 48.9 Å². The Morgan fingerprint density at radius 1 is 0.929 bits per heavy atom. The summed E-state index contributed by atoms with van der Waals surface area (Å²) in [5.74, 6) is -1.90. The van der Waals surface area contributed by atoms with Gasteiger partial charge in [0.25, 0.3) is 0 Å². The Morgan fingerprint density at radius 2 is 1.48 bits per heavy atom. The minimum Gasteiger partial charge on any atom is -0.496 e. The Balaban J connectivity index is 1.93. The maximum absolute atomic E-state index is 13.7. The van der Waals surface area contributed by atoms with Gasteiger partial charge in [-0.2, -0.15) is 22.7 Å². The lowest BCUT2D eigenvalue weighted by Gasteiger charge is -2.32. The number of alkyl halides is 4. The first-order valence-corrected chi connectivity index (χ1v) is 13.0. The van der Waals surface area contributed by atoms with Gasteiger partial charge in [-0.15, -0.1) is 0 Å². The molecule has 42 heavy (non-hydrogen) atoms. The van der Waals surface area contributed by atoms with Crippen LogP contribution >= 0.6 is 0 Å². The van der Waals surface area contributed by atoms with E-state index in [0.29, 0.717) is 11.0 Å². The molecule has 2 aromatic carbocycles. The van der Waals surface area contributed by atoms with Gasteiger partial charge in [0.2, 0.25) is 0 Å². The number of benzene rings is 2. The molecule has 0 atom stereocenters. The van der Waals surface area contributed by atoms with E-state index in [1.54, 1.807) is 33.9 Å². The molecule has 1 aliphatic rings. The minimum atomic E-state index is -3.30. The predicted molar refractivity (Wildman–Crippen MR) is 147 cm³/mol. The van der Waals surface area contributed by atoms with Crippen molar-refractivity contribution in [3.63, 3.8) is 0 Å². The summed E-state index contributed by atoms with van der Waals surface area (Å²) >= 11 is 0. The first kappa shape index (κ1) is 31.4. The number of hydrogen-bond donors (Lipinski definition) is 0. The van der Waals surface area contributed by atoms with Crippen LogP contribution < -0.4 is 19.7 Å². The summed E-state index contributed by atoms with van der Waals surface area (Å²) in [6.45, 7) is 5.78. The smallest absolute Gasteiger partial charge is 0.495 e. The zero-order valence-corrected chi connectivity index (χ0v) is 24.8.